The zero-order chi connectivity index (χ0) is 71.5. The number of rotatable bonds is 8. The van der Waals surface area contributed by atoms with E-state index in [1.165, 1.54) is 66.7 Å². The molecule has 0 spiro atoms. The van der Waals surface area contributed by atoms with E-state index in [0.717, 1.165) is 155 Å². The molecule has 0 unspecified atom stereocenters. The fraction of sp³-hybridized carbons (Fsp3) is 0.277. The first-order valence-electron chi connectivity index (χ1n) is 37.5. The number of fused-ring (bicyclic) bond motifs is 12. The van der Waals surface area contributed by atoms with Crippen molar-refractivity contribution >= 4 is 126 Å². The number of hydrogen-bond donors (Lipinski definition) is 0. The fourth-order valence-corrected chi connectivity index (χ4v) is 19.0. The highest BCUT2D eigenvalue weighted by Crippen LogP contribution is 2.56. The smallest absolute Gasteiger partial charge is 0.301 e. The van der Waals surface area contributed by atoms with Crippen LogP contribution in [0.5, 0.6) is 23.0 Å². The average molecular weight is 1350 g/mol. The van der Waals surface area contributed by atoms with Gasteiger partial charge in [-0.05, 0) is 232 Å². The summed E-state index contributed by atoms with van der Waals surface area (Å²) in [5.41, 5.74) is 34.2. The lowest BCUT2D eigenvalue weighted by atomic mass is 9.32. The molecule has 7 nitrogen and oxygen atoms in total. The van der Waals surface area contributed by atoms with Crippen LogP contribution < -0.4 is 62.0 Å². The third-order valence-electron chi connectivity index (χ3n) is 24.7. The molecule has 5 heterocycles. The van der Waals surface area contributed by atoms with Crippen LogP contribution in [-0.4, -0.2) is 13.4 Å². The molecule has 12 aromatic rings. The van der Waals surface area contributed by atoms with Gasteiger partial charge in [0.25, 0.3) is 6.71 Å². The summed E-state index contributed by atoms with van der Waals surface area (Å²) in [7, 11) is 0. The van der Waals surface area contributed by atoms with Crippen molar-refractivity contribution in [3.8, 4) is 23.0 Å². The number of hydrogen-bond acceptors (Lipinski definition) is 7. The maximum atomic E-state index is 7.91. The number of furan rings is 1. The van der Waals surface area contributed by atoms with Gasteiger partial charge in [0.1, 0.15) is 28.6 Å². The van der Waals surface area contributed by atoms with Crippen molar-refractivity contribution < 1.29 is 13.9 Å². The molecule has 0 bridgehead atoms. The van der Waals surface area contributed by atoms with E-state index in [1.807, 2.05) is 0 Å². The fourth-order valence-electron chi connectivity index (χ4n) is 19.0. The Labute approximate surface area is 610 Å². The molecular weight excluding hydrogens is 1250 g/mol. The molecule has 18 rings (SSSR count). The maximum Gasteiger partial charge on any atom is 0.301 e. The molecule has 0 amide bonds. The van der Waals surface area contributed by atoms with Gasteiger partial charge in [-0.25, -0.2) is 0 Å². The molecule has 6 aliphatic rings. The number of benzene rings is 11. The summed E-state index contributed by atoms with van der Waals surface area (Å²) in [4.78, 5) is 10.1. The van der Waals surface area contributed by atoms with Crippen LogP contribution in [0.15, 0.2) is 205 Å². The van der Waals surface area contributed by atoms with Gasteiger partial charge in [-0.2, -0.15) is 0 Å². The third kappa shape index (κ3) is 9.83. The monoisotopic (exact) mass is 1350 g/mol. The topological polar surface area (TPSA) is 44.6 Å². The first-order chi connectivity index (χ1) is 49.2. The molecule has 0 N–H and O–H groups in total. The number of anilines is 12. The maximum absolute atomic E-state index is 7.91. The van der Waals surface area contributed by atoms with Crippen molar-refractivity contribution in [3.63, 3.8) is 0 Å². The molecular formula is C94H92B2N4O3. The van der Waals surface area contributed by atoms with Crippen LogP contribution >= 0.6 is 0 Å². The molecule has 4 aliphatic heterocycles. The highest BCUT2D eigenvalue weighted by molar-refractivity contribution is 7.01. The van der Waals surface area contributed by atoms with Crippen LogP contribution in [0.1, 0.15) is 163 Å². The Morgan fingerprint density at radius 2 is 0.816 bits per heavy atom. The van der Waals surface area contributed by atoms with Gasteiger partial charge in [-0.3, -0.25) is 0 Å². The van der Waals surface area contributed by atoms with E-state index >= 15 is 0 Å². The molecule has 0 saturated carbocycles. The second-order valence-electron chi connectivity index (χ2n) is 34.4. The van der Waals surface area contributed by atoms with E-state index in [4.69, 9.17) is 13.9 Å². The minimum atomic E-state index is -0.402. The first-order valence-corrected chi connectivity index (χ1v) is 37.5. The van der Waals surface area contributed by atoms with Gasteiger partial charge in [0.2, 0.25) is 0 Å². The van der Waals surface area contributed by atoms with Crippen LogP contribution in [0.3, 0.4) is 0 Å². The zero-order valence-corrected chi connectivity index (χ0v) is 63.0. The van der Waals surface area contributed by atoms with E-state index in [0.29, 0.717) is 0 Å². The lowest BCUT2D eigenvalue weighted by molar-refractivity contribution is 0.332. The van der Waals surface area contributed by atoms with Crippen molar-refractivity contribution in [2.75, 3.05) is 19.6 Å². The largest absolute Gasteiger partial charge is 0.468 e. The lowest BCUT2D eigenvalue weighted by Crippen LogP contribution is -2.63. The van der Waals surface area contributed by atoms with Gasteiger partial charge in [0.15, 0.2) is 0 Å². The standard InChI is InChI=1S/C94H92B2N4O3/c1-55-27-18-21-36-74(55)99(85-57(3)29-24-30-58(85)4)63-49-77-83-81(51-63)101-79-54-80-73(53-72(79)95(83)71-35-20-23-38-76(71)97(77)61-39-41-66-69(47-61)93(14,15)45-43-91(66,10)11)96-84-78(50-64(52-82(84)102-80)100(75-37-22-19-28-56(75)2)86-59(5)31-25-32-60(86)6)98(62-40-42-67-70(48-62)94(16,17)46-44-92(67,12)13)87-65-33-26-34-68(90(7,8)9)88(65)103-89(87)96/h18-42,47-54H,43-46H2,1-17H3. The molecule has 9 heteroatoms. The van der Waals surface area contributed by atoms with Gasteiger partial charge in [0, 0.05) is 74.4 Å². The SMILES string of the molecule is Cc1ccccc1N(c1cc2c3c(c1)N(c1ccc4c(c1)C(C)(C)CCC4(C)C)c1ccccc1B3c1cc3c(cc1O2)Oc1cc(N(c2ccccc2C)c2c(C)cccc2C)cc2c1B3c1oc3c(C(C)(C)C)cccc3c1N2c1ccc2c(c1)C(C)(C)CCC2(C)C)c1c(C)cccc1C. The van der Waals surface area contributed by atoms with E-state index in [2.05, 4.69) is 337 Å². The molecule has 0 fully saturated rings. The summed E-state index contributed by atoms with van der Waals surface area (Å²) in [6.45, 7) is 39.2. The quantitative estimate of drug-likeness (QED) is 0.140. The Kier molecular flexibility index (Phi) is 14.3. The van der Waals surface area contributed by atoms with Crippen molar-refractivity contribution in [2.45, 2.75) is 170 Å². The summed E-state index contributed by atoms with van der Waals surface area (Å²) < 4.78 is 23.7. The normalized spacial score (nSPS) is 16.4. The second kappa shape index (κ2) is 22.7. The van der Waals surface area contributed by atoms with Crippen LogP contribution in [0.4, 0.5) is 68.2 Å². The van der Waals surface area contributed by atoms with Crippen molar-refractivity contribution in [2.24, 2.45) is 0 Å². The van der Waals surface area contributed by atoms with Gasteiger partial charge in [-0.1, -0.05) is 197 Å². The number of nitrogens with zero attached hydrogens (tertiary/aromatic N) is 4. The van der Waals surface area contributed by atoms with Crippen molar-refractivity contribution in [1.29, 1.82) is 0 Å². The van der Waals surface area contributed by atoms with Gasteiger partial charge in [-0.15, -0.1) is 0 Å². The van der Waals surface area contributed by atoms with Gasteiger partial charge < -0.3 is 33.5 Å². The molecule has 11 aromatic carbocycles. The predicted molar refractivity (Wildman–Crippen MR) is 435 cm³/mol. The highest BCUT2D eigenvalue weighted by Gasteiger charge is 2.51. The highest BCUT2D eigenvalue weighted by atomic mass is 16.5. The summed E-state index contributed by atoms with van der Waals surface area (Å²) >= 11 is 0. The molecule has 0 saturated heterocycles. The van der Waals surface area contributed by atoms with E-state index in [1.54, 1.807) is 0 Å². The molecule has 1 aromatic heterocycles. The lowest BCUT2D eigenvalue weighted by Gasteiger charge is -2.44. The van der Waals surface area contributed by atoms with Crippen molar-refractivity contribution in [1.82, 2.24) is 0 Å². The van der Waals surface area contributed by atoms with Crippen LogP contribution in [0.25, 0.3) is 11.0 Å². The Balaban J connectivity index is 0.922. The van der Waals surface area contributed by atoms with E-state index in [-0.39, 0.29) is 33.8 Å². The molecule has 512 valence electrons. The molecule has 0 atom stereocenters. The summed E-state index contributed by atoms with van der Waals surface area (Å²) in [5.74, 6) is 3.10. The second-order valence-corrected chi connectivity index (χ2v) is 34.4. The Morgan fingerprint density at radius 3 is 1.33 bits per heavy atom. The van der Waals surface area contributed by atoms with E-state index < -0.39 is 6.71 Å². The van der Waals surface area contributed by atoms with Crippen LogP contribution in [0.2, 0.25) is 0 Å². The van der Waals surface area contributed by atoms with Crippen molar-refractivity contribution in [3.05, 3.63) is 261 Å². The van der Waals surface area contributed by atoms with Gasteiger partial charge >= 0.3 is 6.71 Å². The Hall–Kier alpha value is -10.1. The van der Waals surface area contributed by atoms with Crippen LogP contribution in [-0.2, 0) is 27.1 Å². The minimum Gasteiger partial charge on any atom is -0.468 e. The zero-order valence-electron chi connectivity index (χ0n) is 63.0. The number of para-hydroxylation sites is 6. The average Bonchev–Trinajstić information content (AvgIpc) is 1.68. The summed E-state index contributed by atoms with van der Waals surface area (Å²) in [5, 5.41) is 1.09. The number of ether oxygens (including phenoxy) is 2. The minimum absolute atomic E-state index is 0.0167. The third-order valence-corrected chi connectivity index (χ3v) is 24.7. The molecule has 0 radical (unpaired) electrons. The summed E-state index contributed by atoms with van der Waals surface area (Å²) in [6.07, 6.45) is 4.48. The predicted octanol–water partition coefficient (Wildman–Crippen LogP) is 22.0. The van der Waals surface area contributed by atoms with Gasteiger partial charge in [0.05, 0.1) is 34.1 Å². The molecule has 103 heavy (non-hydrogen) atoms. The Bertz CT molecular complexity index is 5570. The molecule has 2 aliphatic carbocycles. The van der Waals surface area contributed by atoms with E-state index in [9.17, 15) is 0 Å². The summed E-state index contributed by atoms with van der Waals surface area (Å²) in [6, 6.07) is 76.0. The Morgan fingerprint density at radius 1 is 0.379 bits per heavy atom. The number of aryl methyl sites for hydroxylation is 6. The first kappa shape index (κ1) is 65.0. The van der Waals surface area contributed by atoms with Crippen LogP contribution in [0, 0.1) is 41.5 Å².